The van der Waals surface area contributed by atoms with Gasteiger partial charge in [0, 0.05) is 32.8 Å². The molecule has 0 bridgehead atoms. The molecule has 0 atom stereocenters. The van der Waals surface area contributed by atoms with Gasteiger partial charge >= 0.3 is 0 Å². The molecule has 47 heavy (non-hydrogen) atoms. The average Bonchev–Trinajstić information content (AvgIpc) is 3.54. The van der Waals surface area contributed by atoms with Crippen LogP contribution in [0.5, 0.6) is 0 Å². The van der Waals surface area contributed by atoms with Gasteiger partial charge in [-0.3, -0.25) is 0 Å². The van der Waals surface area contributed by atoms with Crippen molar-refractivity contribution in [2.75, 3.05) is 0 Å². The molecule has 0 radical (unpaired) electrons. The van der Waals surface area contributed by atoms with E-state index in [9.17, 15) is 0 Å². The first-order chi connectivity index (χ1) is 23.3. The first-order valence-corrected chi connectivity index (χ1v) is 15.7. The molecule has 0 aliphatic rings. The van der Waals surface area contributed by atoms with Crippen LogP contribution in [-0.4, -0.2) is 15.0 Å². The fraction of sp³-hybridized carbons (Fsp3) is 0. The van der Waals surface area contributed by atoms with Crippen molar-refractivity contribution in [3.05, 3.63) is 164 Å². The predicted molar refractivity (Wildman–Crippen MR) is 192 cm³/mol. The zero-order chi connectivity index (χ0) is 31.2. The molecule has 9 aromatic rings. The largest absolute Gasteiger partial charge is 0.455 e. The molecule has 2 heterocycles. The lowest BCUT2D eigenvalue weighted by molar-refractivity contribution is 0.672. The normalized spacial score (nSPS) is 11.4. The van der Waals surface area contributed by atoms with E-state index >= 15 is 0 Å². The van der Waals surface area contributed by atoms with Crippen molar-refractivity contribution in [2.24, 2.45) is 0 Å². The maximum atomic E-state index is 6.30. The fourth-order valence-corrected chi connectivity index (χ4v) is 6.32. The van der Waals surface area contributed by atoms with Gasteiger partial charge in [-0.15, -0.1) is 0 Å². The van der Waals surface area contributed by atoms with Gasteiger partial charge < -0.3 is 4.42 Å². The lowest BCUT2D eigenvalue weighted by atomic mass is 9.99. The summed E-state index contributed by atoms with van der Waals surface area (Å²) in [6, 6.07) is 56.4. The van der Waals surface area contributed by atoms with Gasteiger partial charge in [-0.1, -0.05) is 133 Å². The Morgan fingerprint density at radius 3 is 1.57 bits per heavy atom. The number of aromatic nitrogens is 3. The van der Waals surface area contributed by atoms with E-state index in [1.807, 2.05) is 54.6 Å². The van der Waals surface area contributed by atoms with Crippen molar-refractivity contribution in [1.29, 1.82) is 0 Å². The SMILES string of the molecule is c1ccc(-c2ccc(-c3cccc(-c4nc(-c5ccccc5)nc(-c5ccc6c(ccc7c8ccccc8oc67)c5)n4)c3)cc2)cc1. The summed E-state index contributed by atoms with van der Waals surface area (Å²) in [7, 11) is 0. The molecule has 4 heteroatoms. The monoisotopic (exact) mass is 601 g/mol. The Balaban J connectivity index is 1.14. The third kappa shape index (κ3) is 4.93. The highest BCUT2D eigenvalue weighted by molar-refractivity contribution is 6.15. The third-order valence-corrected chi connectivity index (χ3v) is 8.73. The first-order valence-electron chi connectivity index (χ1n) is 15.7. The lowest BCUT2D eigenvalue weighted by Crippen LogP contribution is -2.00. The van der Waals surface area contributed by atoms with E-state index < -0.39 is 0 Å². The molecule has 9 rings (SSSR count). The summed E-state index contributed by atoms with van der Waals surface area (Å²) < 4.78 is 6.30. The molecule has 0 amide bonds. The van der Waals surface area contributed by atoms with Gasteiger partial charge in [0.05, 0.1) is 0 Å². The first kappa shape index (κ1) is 27.0. The fourth-order valence-electron chi connectivity index (χ4n) is 6.32. The molecular weight excluding hydrogens is 574 g/mol. The molecule has 0 unspecified atom stereocenters. The molecule has 0 saturated carbocycles. The Morgan fingerprint density at radius 2 is 0.830 bits per heavy atom. The second kappa shape index (κ2) is 11.2. The molecule has 2 aromatic heterocycles. The maximum absolute atomic E-state index is 6.30. The number of benzene rings is 7. The van der Waals surface area contributed by atoms with Crippen LogP contribution in [0.15, 0.2) is 168 Å². The van der Waals surface area contributed by atoms with Gasteiger partial charge in [0.1, 0.15) is 11.2 Å². The highest BCUT2D eigenvalue weighted by Crippen LogP contribution is 2.36. The van der Waals surface area contributed by atoms with E-state index in [-0.39, 0.29) is 0 Å². The van der Waals surface area contributed by atoms with Crippen molar-refractivity contribution >= 4 is 32.7 Å². The van der Waals surface area contributed by atoms with Crippen molar-refractivity contribution in [3.63, 3.8) is 0 Å². The number of para-hydroxylation sites is 1. The summed E-state index contributed by atoms with van der Waals surface area (Å²) in [6.07, 6.45) is 0. The minimum atomic E-state index is 0.623. The summed E-state index contributed by atoms with van der Waals surface area (Å²) in [6.45, 7) is 0. The zero-order valence-corrected chi connectivity index (χ0v) is 25.3. The highest BCUT2D eigenvalue weighted by atomic mass is 16.3. The van der Waals surface area contributed by atoms with Gasteiger partial charge in [-0.25, -0.2) is 15.0 Å². The van der Waals surface area contributed by atoms with Crippen LogP contribution in [-0.2, 0) is 0 Å². The van der Waals surface area contributed by atoms with E-state index in [1.54, 1.807) is 0 Å². The van der Waals surface area contributed by atoms with Gasteiger partial charge in [0.15, 0.2) is 17.5 Å². The van der Waals surface area contributed by atoms with Gasteiger partial charge in [-0.2, -0.15) is 0 Å². The summed E-state index contributed by atoms with van der Waals surface area (Å²) >= 11 is 0. The summed E-state index contributed by atoms with van der Waals surface area (Å²) in [5.74, 6) is 1.89. The molecule has 0 aliphatic heterocycles. The summed E-state index contributed by atoms with van der Waals surface area (Å²) in [5.41, 5.74) is 9.21. The molecule has 0 saturated heterocycles. The average molecular weight is 602 g/mol. The number of fused-ring (bicyclic) bond motifs is 5. The van der Waals surface area contributed by atoms with Crippen molar-refractivity contribution in [3.8, 4) is 56.4 Å². The maximum Gasteiger partial charge on any atom is 0.164 e. The number of hydrogen-bond acceptors (Lipinski definition) is 4. The Kier molecular flexibility index (Phi) is 6.43. The number of hydrogen-bond donors (Lipinski definition) is 0. The van der Waals surface area contributed by atoms with Crippen LogP contribution in [0.2, 0.25) is 0 Å². The lowest BCUT2D eigenvalue weighted by Gasteiger charge is -2.10. The van der Waals surface area contributed by atoms with Crippen LogP contribution in [0.25, 0.3) is 89.1 Å². The molecule has 7 aromatic carbocycles. The summed E-state index contributed by atoms with van der Waals surface area (Å²) in [5, 5.41) is 4.37. The minimum Gasteiger partial charge on any atom is -0.455 e. The van der Waals surface area contributed by atoms with Crippen molar-refractivity contribution < 1.29 is 4.42 Å². The van der Waals surface area contributed by atoms with Gasteiger partial charge in [0.2, 0.25) is 0 Å². The standard InChI is InChI=1S/C43H27N3O/c1-3-10-28(11-4-1)29-18-20-30(21-19-29)32-14-9-15-34(26-32)42-44-41(31-12-5-2-6-13-31)45-43(46-42)35-23-24-36-33(27-35)22-25-38-37-16-7-8-17-39(37)47-40(36)38/h1-27H. The van der Waals surface area contributed by atoms with E-state index in [1.165, 1.54) is 11.1 Å². The van der Waals surface area contributed by atoms with E-state index in [0.717, 1.165) is 60.5 Å². The Labute approximate surface area is 271 Å². The van der Waals surface area contributed by atoms with E-state index in [4.69, 9.17) is 19.4 Å². The van der Waals surface area contributed by atoms with Crippen LogP contribution in [0, 0.1) is 0 Å². The van der Waals surface area contributed by atoms with Gasteiger partial charge in [0.25, 0.3) is 0 Å². The van der Waals surface area contributed by atoms with E-state index in [0.29, 0.717) is 17.5 Å². The number of rotatable bonds is 5. The van der Waals surface area contributed by atoms with Crippen molar-refractivity contribution in [2.45, 2.75) is 0 Å². The Morgan fingerprint density at radius 1 is 0.319 bits per heavy atom. The second-order valence-corrected chi connectivity index (χ2v) is 11.7. The Hall–Kier alpha value is -6.39. The topological polar surface area (TPSA) is 51.8 Å². The van der Waals surface area contributed by atoms with Crippen molar-refractivity contribution in [1.82, 2.24) is 15.0 Å². The highest BCUT2D eigenvalue weighted by Gasteiger charge is 2.15. The molecule has 0 N–H and O–H groups in total. The molecule has 0 aliphatic carbocycles. The minimum absolute atomic E-state index is 0.623. The second-order valence-electron chi connectivity index (χ2n) is 11.7. The van der Waals surface area contributed by atoms with Crippen LogP contribution in [0.1, 0.15) is 0 Å². The molecule has 0 spiro atoms. The predicted octanol–water partition coefficient (Wildman–Crippen LogP) is 11.3. The quantitative estimate of drug-likeness (QED) is 0.197. The van der Waals surface area contributed by atoms with Crippen LogP contribution >= 0.6 is 0 Å². The molecule has 220 valence electrons. The Bertz CT molecular complexity index is 2550. The molecular formula is C43H27N3O. The zero-order valence-electron chi connectivity index (χ0n) is 25.3. The molecule has 4 nitrogen and oxygen atoms in total. The number of furan rings is 1. The molecule has 0 fully saturated rings. The van der Waals surface area contributed by atoms with Crippen LogP contribution in [0.4, 0.5) is 0 Å². The van der Waals surface area contributed by atoms with Crippen LogP contribution < -0.4 is 0 Å². The van der Waals surface area contributed by atoms with Gasteiger partial charge in [-0.05, 0) is 58.0 Å². The number of nitrogens with zero attached hydrogens (tertiary/aromatic N) is 3. The third-order valence-electron chi connectivity index (χ3n) is 8.73. The van der Waals surface area contributed by atoms with Crippen LogP contribution in [0.3, 0.4) is 0 Å². The smallest absolute Gasteiger partial charge is 0.164 e. The summed E-state index contributed by atoms with van der Waals surface area (Å²) in [4.78, 5) is 15.0. The van der Waals surface area contributed by atoms with E-state index in [2.05, 4.69) is 109 Å².